The maximum atomic E-state index is 5.85. The molecular formula is C14H12N6. The van der Waals surface area contributed by atoms with E-state index in [1.807, 2.05) is 30.3 Å². The van der Waals surface area contributed by atoms with E-state index < -0.39 is 0 Å². The van der Waals surface area contributed by atoms with Gasteiger partial charge in [0.2, 0.25) is 5.95 Å². The molecule has 0 spiro atoms. The van der Waals surface area contributed by atoms with Crippen LogP contribution in [0.1, 0.15) is 0 Å². The molecule has 0 atom stereocenters. The lowest BCUT2D eigenvalue weighted by molar-refractivity contribution is 1.15. The minimum atomic E-state index is 0.142. The van der Waals surface area contributed by atoms with Crippen molar-refractivity contribution in [3.05, 3.63) is 48.8 Å². The van der Waals surface area contributed by atoms with Crippen molar-refractivity contribution in [1.82, 2.24) is 19.9 Å². The summed E-state index contributed by atoms with van der Waals surface area (Å²) >= 11 is 0. The van der Waals surface area contributed by atoms with Gasteiger partial charge in [0.05, 0.1) is 11.3 Å². The van der Waals surface area contributed by atoms with Crippen LogP contribution in [0.25, 0.3) is 22.6 Å². The summed E-state index contributed by atoms with van der Waals surface area (Å²) in [5.41, 5.74) is 13.6. The Morgan fingerprint density at radius 3 is 2.40 bits per heavy atom. The third kappa shape index (κ3) is 2.26. The standard InChI is InChI=1S/C14H12N6/c15-12-10(8-18-14(16)20-12)11-6-7-17-13(19-11)9-4-2-1-3-5-9/h1-8H,(H4,15,16,18,20). The number of nitrogens with two attached hydrogens (primary N) is 2. The lowest BCUT2D eigenvalue weighted by atomic mass is 10.2. The van der Waals surface area contributed by atoms with Crippen LogP contribution in [0.4, 0.5) is 11.8 Å². The molecule has 20 heavy (non-hydrogen) atoms. The minimum absolute atomic E-state index is 0.142. The summed E-state index contributed by atoms with van der Waals surface area (Å²) in [5, 5.41) is 0. The fraction of sp³-hybridized carbons (Fsp3) is 0. The van der Waals surface area contributed by atoms with E-state index in [-0.39, 0.29) is 5.95 Å². The number of nitrogens with zero attached hydrogens (tertiary/aromatic N) is 4. The summed E-state index contributed by atoms with van der Waals surface area (Å²) in [5.74, 6) is 1.07. The van der Waals surface area contributed by atoms with Gasteiger partial charge in [0.1, 0.15) is 5.82 Å². The Bertz CT molecular complexity index is 742. The quantitative estimate of drug-likeness (QED) is 0.731. The first kappa shape index (κ1) is 12.0. The molecule has 2 aromatic heterocycles. The molecule has 0 radical (unpaired) electrons. The second-order valence-corrected chi connectivity index (χ2v) is 4.16. The van der Waals surface area contributed by atoms with Crippen LogP contribution in [-0.4, -0.2) is 19.9 Å². The third-order valence-electron chi connectivity index (χ3n) is 2.80. The number of anilines is 2. The Morgan fingerprint density at radius 1 is 0.850 bits per heavy atom. The third-order valence-corrected chi connectivity index (χ3v) is 2.80. The summed E-state index contributed by atoms with van der Waals surface area (Å²) in [6, 6.07) is 11.5. The fourth-order valence-corrected chi connectivity index (χ4v) is 1.84. The molecule has 2 heterocycles. The summed E-state index contributed by atoms with van der Waals surface area (Å²) in [6.45, 7) is 0. The average molecular weight is 264 g/mol. The van der Waals surface area contributed by atoms with Gasteiger partial charge in [0.15, 0.2) is 5.82 Å². The van der Waals surface area contributed by atoms with Crippen LogP contribution in [0.15, 0.2) is 48.8 Å². The zero-order valence-electron chi connectivity index (χ0n) is 10.6. The van der Waals surface area contributed by atoms with Gasteiger partial charge in [-0.05, 0) is 6.07 Å². The topological polar surface area (TPSA) is 104 Å². The predicted octanol–water partition coefficient (Wildman–Crippen LogP) is 1.76. The highest BCUT2D eigenvalue weighted by atomic mass is 15.0. The molecule has 3 rings (SSSR count). The van der Waals surface area contributed by atoms with E-state index in [4.69, 9.17) is 11.5 Å². The van der Waals surface area contributed by atoms with Gasteiger partial charge in [0.25, 0.3) is 0 Å². The molecule has 3 aromatic rings. The lowest BCUT2D eigenvalue weighted by Crippen LogP contribution is -2.02. The van der Waals surface area contributed by atoms with Gasteiger partial charge < -0.3 is 11.5 Å². The van der Waals surface area contributed by atoms with E-state index in [1.165, 1.54) is 0 Å². The van der Waals surface area contributed by atoms with Crippen LogP contribution in [0.2, 0.25) is 0 Å². The maximum absolute atomic E-state index is 5.85. The van der Waals surface area contributed by atoms with Crippen molar-refractivity contribution in [3.63, 3.8) is 0 Å². The van der Waals surface area contributed by atoms with E-state index in [0.717, 1.165) is 5.56 Å². The van der Waals surface area contributed by atoms with Crippen molar-refractivity contribution >= 4 is 11.8 Å². The predicted molar refractivity (Wildman–Crippen MR) is 77.3 cm³/mol. The molecule has 0 aliphatic heterocycles. The number of hydrogen-bond donors (Lipinski definition) is 2. The highest BCUT2D eigenvalue weighted by Gasteiger charge is 2.09. The number of benzene rings is 1. The van der Waals surface area contributed by atoms with Crippen LogP contribution in [0.5, 0.6) is 0 Å². The van der Waals surface area contributed by atoms with Crippen LogP contribution in [-0.2, 0) is 0 Å². The summed E-state index contributed by atoms with van der Waals surface area (Å²) in [4.78, 5) is 16.6. The monoisotopic (exact) mass is 264 g/mol. The molecule has 4 N–H and O–H groups in total. The van der Waals surface area contributed by atoms with E-state index in [2.05, 4.69) is 19.9 Å². The highest BCUT2D eigenvalue weighted by Crippen LogP contribution is 2.24. The van der Waals surface area contributed by atoms with Gasteiger partial charge in [-0.25, -0.2) is 15.0 Å². The van der Waals surface area contributed by atoms with Crippen LogP contribution < -0.4 is 11.5 Å². The molecule has 0 bridgehead atoms. The van der Waals surface area contributed by atoms with Crippen molar-refractivity contribution < 1.29 is 0 Å². The summed E-state index contributed by atoms with van der Waals surface area (Å²) < 4.78 is 0. The molecule has 0 saturated heterocycles. The van der Waals surface area contributed by atoms with E-state index in [0.29, 0.717) is 22.9 Å². The normalized spacial score (nSPS) is 10.4. The second-order valence-electron chi connectivity index (χ2n) is 4.16. The number of hydrogen-bond acceptors (Lipinski definition) is 6. The van der Waals surface area contributed by atoms with Crippen LogP contribution in [0.3, 0.4) is 0 Å². The van der Waals surface area contributed by atoms with Crippen molar-refractivity contribution in [2.45, 2.75) is 0 Å². The van der Waals surface area contributed by atoms with Crippen molar-refractivity contribution in [3.8, 4) is 22.6 Å². The summed E-state index contributed by atoms with van der Waals surface area (Å²) in [6.07, 6.45) is 3.25. The van der Waals surface area contributed by atoms with Gasteiger partial charge in [-0.1, -0.05) is 30.3 Å². The van der Waals surface area contributed by atoms with Crippen LogP contribution >= 0.6 is 0 Å². The average Bonchev–Trinajstić information content (AvgIpc) is 2.48. The molecule has 98 valence electrons. The van der Waals surface area contributed by atoms with Crippen LogP contribution in [0, 0.1) is 0 Å². The van der Waals surface area contributed by atoms with E-state index in [1.54, 1.807) is 18.5 Å². The molecule has 0 aliphatic rings. The maximum Gasteiger partial charge on any atom is 0.221 e. The first-order valence-electron chi connectivity index (χ1n) is 6.01. The zero-order valence-corrected chi connectivity index (χ0v) is 10.6. The lowest BCUT2D eigenvalue weighted by Gasteiger charge is -2.06. The van der Waals surface area contributed by atoms with Crippen molar-refractivity contribution in [2.75, 3.05) is 11.5 Å². The molecule has 6 heteroatoms. The smallest absolute Gasteiger partial charge is 0.221 e. The number of rotatable bonds is 2. The first-order valence-corrected chi connectivity index (χ1v) is 6.01. The summed E-state index contributed by atoms with van der Waals surface area (Å²) in [7, 11) is 0. The van der Waals surface area contributed by atoms with E-state index in [9.17, 15) is 0 Å². The Morgan fingerprint density at radius 2 is 1.65 bits per heavy atom. The highest BCUT2D eigenvalue weighted by molar-refractivity contribution is 5.71. The van der Waals surface area contributed by atoms with Crippen molar-refractivity contribution in [1.29, 1.82) is 0 Å². The van der Waals surface area contributed by atoms with Gasteiger partial charge in [-0.15, -0.1) is 0 Å². The first-order chi connectivity index (χ1) is 9.74. The Hall–Kier alpha value is -3.02. The van der Waals surface area contributed by atoms with Gasteiger partial charge in [-0.2, -0.15) is 4.98 Å². The Labute approximate surface area is 115 Å². The Kier molecular flexibility index (Phi) is 2.96. The zero-order chi connectivity index (χ0) is 13.9. The molecular weight excluding hydrogens is 252 g/mol. The van der Waals surface area contributed by atoms with E-state index >= 15 is 0 Å². The fourth-order valence-electron chi connectivity index (χ4n) is 1.84. The molecule has 6 nitrogen and oxygen atoms in total. The van der Waals surface area contributed by atoms with Gasteiger partial charge in [0, 0.05) is 18.0 Å². The van der Waals surface area contributed by atoms with Gasteiger partial charge >= 0.3 is 0 Å². The second kappa shape index (κ2) is 4.93. The molecule has 0 aliphatic carbocycles. The minimum Gasteiger partial charge on any atom is -0.383 e. The molecule has 0 amide bonds. The molecule has 0 fully saturated rings. The van der Waals surface area contributed by atoms with Crippen molar-refractivity contribution in [2.24, 2.45) is 0 Å². The van der Waals surface area contributed by atoms with Gasteiger partial charge in [-0.3, -0.25) is 0 Å². The molecule has 0 unspecified atom stereocenters. The SMILES string of the molecule is Nc1ncc(-c2ccnc(-c3ccccc3)n2)c(N)n1. The number of aromatic nitrogens is 4. The Balaban J connectivity index is 2.08. The molecule has 0 saturated carbocycles. The largest absolute Gasteiger partial charge is 0.383 e. The molecule has 1 aromatic carbocycles. The number of nitrogen functional groups attached to an aromatic ring is 2.